The number of hydrogen-bond acceptors (Lipinski definition) is 1. The predicted octanol–water partition coefficient (Wildman–Crippen LogP) is 3.59. The third kappa shape index (κ3) is 3.79. The van der Waals surface area contributed by atoms with Gasteiger partial charge in [0.1, 0.15) is 0 Å². The van der Waals surface area contributed by atoms with Gasteiger partial charge in [-0.1, -0.05) is 26.7 Å². The van der Waals surface area contributed by atoms with Gasteiger partial charge < -0.3 is 5.32 Å². The van der Waals surface area contributed by atoms with Gasteiger partial charge in [-0.15, -0.1) is 0 Å². The largest absolute Gasteiger partial charge is 0.314 e. The van der Waals surface area contributed by atoms with E-state index in [0.29, 0.717) is 0 Å². The first-order chi connectivity index (χ1) is 7.25. The van der Waals surface area contributed by atoms with E-state index in [4.69, 9.17) is 0 Å². The smallest absolute Gasteiger partial charge is 0.00671 e. The molecule has 0 aromatic rings. The highest BCUT2D eigenvalue weighted by Crippen LogP contribution is 2.47. The van der Waals surface area contributed by atoms with Gasteiger partial charge in [0.05, 0.1) is 0 Å². The summed E-state index contributed by atoms with van der Waals surface area (Å²) in [5.74, 6) is 3.11. The van der Waals surface area contributed by atoms with Crippen LogP contribution in [0.25, 0.3) is 0 Å². The maximum atomic E-state index is 3.76. The van der Waals surface area contributed by atoms with E-state index in [0.717, 1.165) is 23.8 Å². The van der Waals surface area contributed by atoms with Crippen LogP contribution in [0.3, 0.4) is 0 Å². The van der Waals surface area contributed by atoms with Crippen LogP contribution in [0, 0.1) is 17.8 Å². The maximum Gasteiger partial charge on any atom is 0.00671 e. The molecule has 3 atom stereocenters. The highest BCUT2D eigenvalue weighted by Gasteiger charge is 2.37. The molecule has 2 saturated carbocycles. The molecule has 1 nitrogen and oxygen atoms in total. The van der Waals surface area contributed by atoms with Gasteiger partial charge in [-0.05, 0) is 56.4 Å². The standard InChI is InChI=1S/C14H27N/c1-11(2)8-9-15-14-5-3-4-12-10-13(12)6-7-14/h11-15H,3-10H2,1-2H3. The monoisotopic (exact) mass is 209 g/mol. The number of nitrogens with one attached hydrogen (secondary N) is 1. The topological polar surface area (TPSA) is 12.0 Å². The molecule has 88 valence electrons. The van der Waals surface area contributed by atoms with E-state index >= 15 is 0 Å². The molecule has 0 aliphatic heterocycles. The van der Waals surface area contributed by atoms with Crippen LogP contribution < -0.4 is 5.32 Å². The van der Waals surface area contributed by atoms with E-state index in [1.165, 1.54) is 45.1 Å². The quantitative estimate of drug-likeness (QED) is 0.746. The lowest BCUT2D eigenvalue weighted by atomic mass is 9.96. The Labute approximate surface area is 95.0 Å². The van der Waals surface area contributed by atoms with Gasteiger partial charge in [0, 0.05) is 6.04 Å². The Bertz CT molecular complexity index is 188. The SMILES string of the molecule is CC(C)CCNC1CCCC2CC2CC1. The Morgan fingerprint density at radius 2 is 1.87 bits per heavy atom. The van der Waals surface area contributed by atoms with E-state index in [1.807, 2.05) is 0 Å². The van der Waals surface area contributed by atoms with Crippen molar-refractivity contribution in [2.45, 2.75) is 64.8 Å². The Kier molecular flexibility index (Phi) is 4.07. The Morgan fingerprint density at radius 3 is 2.67 bits per heavy atom. The van der Waals surface area contributed by atoms with Crippen LogP contribution in [0.15, 0.2) is 0 Å². The van der Waals surface area contributed by atoms with Gasteiger partial charge in [0.25, 0.3) is 0 Å². The van der Waals surface area contributed by atoms with Crippen molar-refractivity contribution in [3.8, 4) is 0 Å². The number of hydrogen-bond donors (Lipinski definition) is 1. The molecule has 2 aliphatic carbocycles. The zero-order valence-corrected chi connectivity index (χ0v) is 10.5. The number of rotatable bonds is 4. The summed E-state index contributed by atoms with van der Waals surface area (Å²) >= 11 is 0. The van der Waals surface area contributed by atoms with Crippen LogP contribution in [0.4, 0.5) is 0 Å². The van der Waals surface area contributed by atoms with Crippen molar-refractivity contribution < 1.29 is 0 Å². The fourth-order valence-corrected chi connectivity index (χ4v) is 2.98. The first-order valence-electron chi connectivity index (χ1n) is 6.99. The van der Waals surface area contributed by atoms with Crippen LogP contribution in [-0.2, 0) is 0 Å². The first-order valence-corrected chi connectivity index (χ1v) is 6.99. The molecule has 0 aromatic heterocycles. The minimum Gasteiger partial charge on any atom is -0.314 e. The fraction of sp³-hybridized carbons (Fsp3) is 1.00. The van der Waals surface area contributed by atoms with Crippen molar-refractivity contribution >= 4 is 0 Å². The van der Waals surface area contributed by atoms with E-state index in [9.17, 15) is 0 Å². The fourth-order valence-electron chi connectivity index (χ4n) is 2.98. The third-order valence-corrected chi connectivity index (χ3v) is 4.24. The molecule has 15 heavy (non-hydrogen) atoms. The van der Waals surface area contributed by atoms with Crippen LogP contribution >= 0.6 is 0 Å². The van der Waals surface area contributed by atoms with Gasteiger partial charge in [-0.2, -0.15) is 0 Å². The van der Waals surface area contributed by atoms with Crippen molar-refractivity contribution in [3.05, 3.63) is 0 Å². The molecule has 2 rings (SSSR count). The van der Waals surface area contributed by atoms with Crippen molar-refractivity contribution in [3.63, 3.8) is 0 Å². The molecule has 0 radical (unpaired) electrons. The van der Waals surface area contributed by atoms with Gasteiger partial charge >= 0.3 is 0 Å². The summed E-state index contributed by atoms with van der Waals surface area (Å²) in [5.41, 5.74) is 0. The summed E-state index contributed by atoms with van der Waals surface area (Å²) in [6, 6.07) is 0.838. The average molecular weight is 209 g/mol. The summed E-state index contributed by atoms with van der Waals surface area (Å²) in [4.78, 5) is 0. The second-order valence-corrected chi connectivity index (χ2v) is 6.10. The molecule has 2 fully saturated rings. The van der Waals surface area contributed by atoms with Crippen molar-refractivity contribution in [1.29, 1.82) is 0 Å². The second-order valence-electron chi connectivity index (χ2n) is 6.10. The molecule has 2 aliphatic rings. The minimum absolute atomic E-state index is 0.838. The normalized spacial score (nSPS) is 35.8. The third-order valence-electron chi connectivity index (χ3n) is 4.24. The summed E-state index contributed by atoms with van der Waals surface area (Å²) in [6.07, 6.45) is 10.3. The molecule has 0 bridgehead atoms. The van der Waals surface area contributed by atoms with Crippen LogP contribution in [0.2, 0.25) is 0 Å². The highest BCUT2D eigenvalue weighted by molar-refractivity contribution is 4.89. The summed E-state index contributed by atoms with van der Waals surface area (Å²) in [6.45, 7) is 5.86. The minimum atomic E-state index is 0.838. The number of fused-ring (bicyclic) bond motifs is 1. The van der Waals surface area contributed by atoms with Gasteiger partial charge in [0.2, 0.25) is 0 Å². The summed E-state index contributed by atoms with van der Waals surface area (Å²) in [7, 11) is 0. The molecule has 3 unspecified atom stereocenters. The molecular weight excluding hydrogens is 182 g/mol. The van der Waals surface area contributed by atoms with Gasteiger partial charge in [0.15, 0.2) is 0 Å². The average Bonchev–Trinajstić information content (AvgIpc) is 2.86. The van der Waals surface area contributed by atoms with E-state index in [2.05, 4.69) is 19.2 Å². The van der Waals surface area contributed by atoms with Gasteiger partial charge in [-0.3, -0.25) is 0 Å². The Hall–Kier alpha value is -0.0400. The Balaban J connectivity index is 1.62. The second kappa shape index (κ2) is 5.34. The molecule has 0 heterocycles. The van der Waals surface area contributed by atoms with E-state index < -0.39 is 0 Å². The molecule has 0 amide bonds. The van der Waals surface area contributed by atoms with Crippen molar-refractivity contribution in [1.82, 2.24) is 5.32 Å². The lowest BCUT2D eigenvalue weighted by molar-refractivity contribution is 0.372. The molecular formula is C14H27N. The molecule has 1 N–H and O–H groups in total. The molecule has 1 heteroatoms. The van der Waals surface area contributed by atoms with Crippen molar-refractivity contribution in [2.24, 2.45) is 17.8 Å². The lowest BCUT2D eigenvalue weighted by Crippen LogP contribution is -2.31. The summed E-state index contributed by atoms with van der Waals surface area (Å²) < 4.78 is 0. The van der Waals surface area contributed by atoms with E-state index in [-0.39, 0.29) is 0 Å². The molecule has 0 spiro atoms. The van der Waals surface area contributed by atoms with Crippen LogP contribution in [-0.4, -0.2) is 12.6 Å². The zero-order chi connectivity index (χ0) is 10.7. The molecule has 0 aromatic carbocycles. The Morgan fingerprint density at radius 1 is 1.07 bits per heavy atom. The van der Waals surface area contributed by atoms with Crippen LogP contribution in [0.1, 0.15) is 58.8 Å². The molecule has 0 saturated heterocycles. The van der Waals surface area contributed by atoms with Gasteiger partial charge in [-0.25, -0.2) is 0 Å². The highest BCUT2D eigenvalue weighted by atomic mass is 14.9. The van der Waals surface area contributed by atoms with E-state index in [1.54, 1.807) is 6.42 Å². The van der Waals surface area contributed by atoms with Crippen LogP contribution in [0.5, 0.6) is 0 Å². The zero-order valence-electron chi connectivity index (χ0n) is 10.5. The maximum absolute atomic E-state index is 3.76. The predicted molar refractivity (Wildman–Crippen MR) is 65.9 cm³/mol. The van der Waals surface area contributed by atoms with Crippen molar-refractivity contribution in [2.75, 3.05) is 6.54 Å². The first kappa shape index (κ1) is 11.4. The lowest BCUT2D eigenvalue weighted by Gasteiger charge is -2.21. The summed E-state index contributed by atoms with van der Waals surface area (Å²) in [5, 5.41) is 3.76.